The van der Waals surface area contributed by atoms with Gasteiger partial charge in [0, 0.05) is 42.7 Å². The molecule has 1 aromatic carbocycles. The second kappa shape index (κ2) is 11.4. The van der Waals surface area contributed by atoms with E-state index in [9.17, 15) is 9.59 Å². The summed E-state index contributed by atoms with van der Waals surface area (Å²) in [6, 6.07) is 10.8. The fourth-order valence-corrected chi connectivity index (χ4v) is 3.45. The Hall–Kier alpha value is -3.78. The van der Waals surface area contributed by atoms with Crippen LogP contribution in [0.5, 0.6) is 0 Å². The van der Waals surface area contributed by atoms with Crippen LogP contribution in [0.1, 0.15) is 48.3 Å². The zero-order valence-corrected chi connectivity index (χ0v) is 19.9. The summed E-state index contributed by atoms with van der Waals surface area (Å²) in [4.78, 5) is 33.8. The molecule has 0 aliphatic heterocycles. The maximum absolute atomic E-state index is 12.9. The van der Waals surface area contributed by atoms with Gasteiger partial charge in [-0.3, -0.25) is 9.59 Å². The first kappa shape index (κ1) is 24.9. The van der Waals surface area contributed by atoms with Gasteiger partial charge in [0.2, 0.25) is 5.78 Å². The number of nitrogen functional groups attached to an aromatic ring is 1. The molecular weight excluding hydrogens is 428 g/mol. The van der Waals surface area contributed by atoms with Gasteiger partial charge in [-0.05, 0) is 36.6 Å². The average molecular weight is 461 g/mol. The first-order valence-electron chi connectivity index (χ1n) is 11.4. The van der Waals surface area contributed by atoms with Gasteiger partial charge < -0.3 is 21.4 Å². The number of nitrogens with two attached hydrogens (primary N) is 2. The number of aromatic nitrogens is 3. The van der Waals surface area contributed by atoms with Gasteiger partial charge >= 0.3 is 0 Å². The van der Waals surface area contributed by atoms with E-state index in [2.05, 4.69) is 29.1 Å². The van der Waals surface area contributed by atoms with Gasteiger partial charge in [0.05, 0.1) is 11.9 Å². The van der Waals surface area contributed by atoms with Crippen molar-refractivity contribution in [3.05, 3.63) is 82.0 Å². The highest BCUT2D eigenvalue weighted by molar-refractivity contribution is 6.09. The lowest BCUT2D eigenvalue weighted by molar-refractivity contribution is 0.104. The third-order valence-corrected chi connectivity index (χ3v) is 5.83. The van der Waals surface area contributed by atoms with E-state index in [-0.39, 0.29) is 17.1 Å². The Morgan fingerprint density at radius 3 is 2.62 bits per heavy atom. The monoisotopic (exact) mass is 460 g/mol. The molecular formula is C26H32N6O2. The van der Waals surface area contributed by atoms with Crippen molar-refractivity contribution in [1.29, 1.82) is 0 Å². The van der Waals surface area contributed by atoms with Gasteiger partial charge in [-0.1, -0.05) is 44.5 Å². The maximum atomic E-state index is 12.9. The van der Waals surface area contributed by atoms with Crippen LogP contribution in [0.25, 0.3) is 17.0 Å². The van der Waals surface area contributed by atoms with Crippen LogP contribution in [0.4, 0.5) is 5.82 Å². The van der Waals surface area contributed by atoms with Crippen LogP contribution >= 0.6 is 0 Å². The number of nitrogens with zero attached hydrogens (tertiary/aromatic N) is 3. The van der Waals surface area contributed by atoms with Crippen LogP contribution < -0.4 is 22.3 Å². The number of pyridine rings is 1. The van der Waals surface area contributed by atoms with Crippen LogP contribution in [0.15, 0.2) is 59.7 Å². The van der Waals surface area contributed by atoms with Gasteiger partial charge in [-0.2, -0.15) is 0 Å². The smallest absolute Gasteiger partial charge is 0.250 e. The third-order valence-electron chi connectivity index (χ3n) is 5.83. The van der Waals surface area contributed by atoms with Crippen molar-refractivity contribution in [3.8, 4) is 11.3 Å². The van der Waals surface area contributed by atoms with E-state index in [0.717, 1.165) is 30.5 Å². The lowest BCUT2D eigenvalue weighted by Crippen LogP contribution is -2.20. The van der Waals surface area contributed by atoms with Gasteiger partial charge in [-0.15, -0.1) is 0 Å². The highest BCUT2D eigenvalue weighted by Gasteiger charge is 2.15. The maximum Gasteiger partial charge on any atom is 0.250 e. The Morgan fingerprint density at radius 1 is 1.21 bits per heavy atom. The molecule has 178 valence electrons. The quantitative estimate of drug-likeness (QED) is 0.313. The Labute approximate surface area is 199 Å². The summed E-state index contributed by atoms with van der Waals surface area (Å²) in [7, 11) is 1.88. The molecule has 0 aliphatic carbocycles. The summed E-state index contributed by atoms with van der Waals surface area (Å²) in [5, 5.41) is 3.08. The minimum atomic E-state index is -0.436. The Bertz CT molecular complexity index is 1230. The number of aryl methyl sites for hydroxylation is 1. The number of anilines is 1. The zero-order valence-electron chi connectivity index (χ0n) is 19.9. The van der Waals surface area contributed by atoms with E-state index in [4.69, 9.17) is 11.5 Å². The highest BCUT2D eigenvalue weighted by Crippen LogP contribution is 2.20. The Balaban J connectivity index is 1.86. The SMILES string of the molecule is CC[C@H](C)CCn1cc(-c2cnc(N)c(C(=O)C=C(N)c3ccc(CNC)cc3)n2)ccc1=O. The minimum Gasteiger partial charge on any atom is -0.398 e. The number of hydrogen-bond acceptors (Lipinski definition) is 7. The van der Waals surface area contributed by atoms with Crippen molar-refractivity contribution in [2.75, 3.05) is 12.8 Å². The summed E-state index contributed by atoms with van der Waals surface area (Å²) >= 11 is 0. The molecule has 3 rings (SSSR count). The molecule has 0 saturated carbocycles. The molecule has 8 nitrogen and oxygen atoms in total. The number of hydrogen-bond donors (Lipinski definition) is 3. The molecule has 0 fully saturated rings. The van der Waals surface area contributed by atoms with Gasteiger partial charge in [-0.25, -0.2) is 9.97 Å². The Morgan fingerprint density at radius 2 is 1.94 bits per heavy atom. The Kier molecular flexibility index (Phi) is 8.32. The molecule has 5 N–H and O–H groups in total. The number of nitrogens with one attached hydrogen (secondary N) is 1. The van der Waals surface area contributed by atoms with Crippen molar-refractivity contribution in [1.82, 2.24) is 19.9 Å². The highest BCUT2D eigenvalue weighted by atomic mass is 16.1. The standard InChI is InChI=1S/C26H32N6O2/c1-4-17(2)11-12-32-16-20(9-10-24(32)34)22-15-30-26(28)25(31-22)23(33)13-21(27)19-7-5-18(6-8-19)14-29-3/h5-10,13,15-17,29H,4,11-12,14,27H2,1-3H3,(H2,28,30)/t17-/m0/s1. The zero-order chi connectivity index (χ0) is 24.7. The molecule has 2 aromatic heterocycles. The van der Waals surface area contributed by atoms with Crippen LogP contribution in [-0.2, 0) is 13.1 Å². The van der Waals surface area contributed by atoms with Crippen LogP contribution in [-0.4, -0.2) is 27.4 Å². The molecule has 2 heterocycles. The predicted octanol–water partition coefficient (Wildman–Crippen LogP) is 3.23. The summed E-state index contributed by atoms with van der Waals surface area (Å²) in [5.41, 5.74) is 15.3. The minimum absolute atomic E-state index is 0.0182. The number of allylic oxidation sites excluding steroid dienone is 1. The van der Waals surface area contributed by atoms with Crippen molar-refractivity contribution in [3.63, 3.8) is 0 Å². The van der Waals surface area contributed by atoms with Gasteiger partial charge in [0.1, 0.15) is 0 Å². The number of benzene rings is 1. The van der Waals surface area contributed by atoms with E-state index >= 15 is 0 Å². The number of carbonyl (C=O) groups is 1. The van der Waals surface area contributed by atoms with E-state index in [1.807, 2.05) is 31.3 Å². The predicted molar refractivity (Wildman–Crippen MR) is 136 cm³/mol. The van der Waals surface area contributed by atoms with Crippen molar-refractivity contribution in [2.24, 2.45) is 11.7 Å². The topological polar surface area (TPSA) is 129 Å². The molecule has 3 aromatic rings. The number of carbonyl (C=O) groups excluding carboxylic acids is 1. The molecule has 0 spiro atoms. The van der Waals surface area contributed by atoms with Crippen molar-refractivity contribution >= 4 is 17.3 Å². The average Bonchev–Trinajstić information content (AvgIpc) is 2.84. The fraction of sp³-hybridized carbons (Fsp3) is 0.308. The van der Waals surface area contributed by atoms with E-state index in [1.165, 1.54) is 18.3 Å². The first-order chi connectivity index (χ1) is 16.3. The molecule has 0 unspecified atom stereocenters. The largest absolute Gasteiger partial charge is 0.398 e. The van der Waals surface area contributed by atoms with Crippen LogP contribution in [0, 0.1) is 5.92 Å². The summed E-state index contributed by atoms with van der Waals surface area (Å²) in [5.74, 6) is 0.105. The second-order valence-corrected chi connectivity index (χ2v) is 8.43. The summed E-state index contributed by atoms with van der Waals surface area (Å²) < 4.78 is 1.66. The molecule has 1 atom stereocenters. The third kappa shape index (κ3) is 6.17. The normalized spacial score (nSPS) is 12.5. The second-order valence-electron chi connectivity index (χ2n) is 8.43. The number of rotatable bonds is 10. The van der Waals surface area contributed by atoms with Gasteiger partial charge in [0.25, 0.3) is 5.56 Å². The molecule has 0 aliphatic rings. The molecule has 0 amide bonds. The van der Waals surface area contributed by atoms with E-state index < -0.39 is 5.78 Å². The summed E-state index contributed by atoms with van der Waals surface area (Å²) in [6.45, 7) is 5.65. The molecule has 8 heteroatoms. The first-order valence-corrected chi connectivity index (χ1v) is 11.4. The molecule has 0 bridgehead atoms. The molecule has 0 radical (unpaired) electrons. The molecule has 0 saturated heterocycles. The van der Waals surface area contributed by atoms with Crippen LogP contribution in [0.3, 0.4) is 0 Å². The molecule has 34 heavy (non-hydrogen) atoms. The van der Waals surface area contributed by atoms with Crippen molar-refractivity contribution in [2.45, 2.75) is 39.8 Å². The summed E-state index contributed by atoms with van der Waals surface area (Å²) in [6.07, 6.45) is 6.51. The lowest BCUT2D eigenvalue weighted by atomic mass is 10.1. The van der Waals surface area contributed by atoms with Crippen LogP contribution in [0.2, 0.25) is 0 Å². The number of ketones is 1. The van der Waals surface area contributed by atoms with Crippen molar-refractivity contribution < 1.29 is 4.79 Å². The fourth-order valence-electron chi connectivity index (χ4n) is 3.45. The van der Waals surface area contributed by atoms with Gasteiger partial charge in [0.15, 0.2) is 11.5 Å². The van der Waals surface area contributed by atoms with E-state index in [0.29, 0.717) is 29.4 Å². The lowest BCUT2D eigenvalue weighted by Gasteiger charge is -2.12. The van der Waals surface area contributed by atoms with E-state index in [1.54, 1.807) is 16.8 Å².